The third-order valence-electron chi connectivity index (χ3n) is 3.94. The van der Waals surface area contributed by atoms with Crippen LogP contribution in [0.15, 0.2) is 30.3 Å². The summed E-state index contributed by atoms with van der Waals surface area (Å²) in [5.74, 6) is 0.195. The highest BCUT2D eigenvalue weighted by molar-refractivity contribution is 6.26. The van der Waals surface area contributed by atoms with Crippen molar-refractivity contribution in [2.24, 2.45) is 0 Å². The number of amides is 2. The number of hydrogen-bond donors (Lipinski definition) is 0. The van der Waals surface area contributed by atoms with Crippen molar-refractivity contribution in [1.29, 1.82) is 0 Å². The van der Waals surface area contributed by atoms with Gasteiger partial charge < -0.3 is 9.47 Å². The molecule has 0 atom stereocenters. The van der Waals surface area contributed by atoms with Gasteiger partial charge in [0.05, 0.1) is 6.61 Å². The summed E-state index contributed by atoms with van der Waals surface area (Å²) >= 11 is 0. The molecule has 1 heterocycles. The lowest BCUT2D eigenvalue weighted by Crippen LogP contribution is -2.40. The summed E-state index contributed by atoms with van der Waals surface area (Å²) < 4.78 is 10.7. The maximum atomic E-state index is 12.6. The first-order valence-electron chi connectivity index (χ1n) is 7.72. The smallest absolute Gasteiger partial charge is 0.261 e. The van der Waals surface area contributed by atoms with Crippen LogP contribution < -0.4 is 4.74 Å². The Kier molecular flexibility index (Phi) is 4.30. The molecule has 120 valence electrons. The number of rotatable bonds is 6. The third kappa shape index (κ3) is 2.57. The Morgan fingerprint density at radius 2 is 1.74 bits per heavy atom. The number of carbonyl (C=O) groups is 2. The van der Waals surface area contributed by atoms with Gasteiger partial charge in [0.25, 0.3) is 11.8 Å². The van der Waals surface area contributed by atoms with Gasteiger partial charge in [0.15, 0.2) is 0 Å². The molecule has 0 bridgehead atoms. The first-order chi connectivity index (χ1) is 11.2. The Bertz CT molecular complexity index is 747. The van der Waals surface area contributed by atoms with E-state index >= 15 is 0 Å². The molecule has 3 rings (SSSR count). The van der Waals surface area contributed by atoms with E-state index in [2.05, 4.69) is 0 Å². The Labute approximate surface area is 134 Å². The number of benzene rings is 2. The summed E-state index contributed by atoms with van der Waals surface area (Å²) in [6.45, 7) is 3.27. The van der Waals surface area contributed by atoms with Crippen LogP contribution in [0.4, 0.5) is 0 Å². The van der Waals surface area contributed by atoms with E-state index in [9.17, 15) is 9.59 Å². The minimum absolute atomic E-state index is 0.232. The van der Waals surface area contributed by atoms with Gasteiger partial charge in [0.2, 0.25) is 0 Å². The number of ether oxygens (including phenoxy) is 2. The van der Waals surface area contributed by atoms with Crippen LogP contribution in [0.1, 0.15) is 34.1 Å². The molecule has 23 heavy (non-hydrogen) atoms. The molecule has 0 N–H and O–H groups in total. The average Bonchev–Trinajstić information content (AvgIpc) is 2.57. The van der Waals surface area contributed by atoms with Crippen LogP contribution in [0.5, 0.6) is 5.75 Å². The van der Waals surface area contributed by atoms with E-state index in [1.165, 1.54) is 4.90 Å². The number of hydrogen-bond acceptors (Lipinski definition) is 4. The maximum Gasteiger partial charge on any atom is 0.261 e. The summed E-state index contributed by atoms with van der Waals surface area (Å²) in [4.78, 5) is 26.6. The summed E-state index contributed by atoms with van der Waals surface area (Å²) in [5, 5.41) is 1.47. The molecule has 2 aromatic rings. The lowest BCUT2D eigenvalue weighted by atomic mass is 9.93. The molecule has 0 spiro atoms. The van der Waals surface area contributed by atoms with Crippen LogP contribution in [0, 0.1) is 0 Å². The van der Waals surface area contributed by atoms with E-state index < -0.39 is 0 Å². The van der Waals surface area contributed by atoms with Gasteiger partial charge in [-0.05, 0) is 24.6 Å². The van der Waals surface area contributed by atoms with E-state index in [0.717, 1.165) is 11.8 Å². The van der Waals surface area contributed by atoms with Crippen molar-refractivity contribution in [2.45, 2.75) is 13.3 Å². The second-order valence-electron chi connectivity index (χ2n) is 5.44. The summed E-state index contributed by atoms with van der Waals surface area (Å²) in [7, 11) is 1.61. The topological polar surface area (TPSA) is 55.8 Å². The zero-order valence-electron chi connectivity index (χ0n) is 13.3. The van der Waals surface area contributed by atoms with Crippen LogP contribution in [0.25, 0.3) is 10.8 Å². The highest BCUT2D eigenvalue weighted by Gasteiger charge is 2.32. The lowest BCUT2D eigenvalue weighted by molar-refractivity contribution is 0.0610. The Hall–Kier alpha value is -2.40. The maximum absolute atomic E-state index is 12.6. The fourth-order valence-electron chi connectivity index (χ4n) is 2.91. The number of nitrogens with zero attached hydrogens (tertiary/aromatic N) is 1. The van der Waals surface area contributed by atoms with Crippen LogP contribution in [-0.2, 0) is 4.74 Å². The first-order valence-corrected chi connectivity index (χ1v) is 7.72. The molecule has 5 heteroatoms. The molecule has 0 saturated carbocycles. The minimum atomic E-state index is -0.232. The Morgan fingerprint density at radius 3 is 2.43 bits per heavy atom. The zero-order chi connectivity index (χ0) is 16.4. The van der Waals surface area contributed by atoms with Crippen molar-refractivity contribution in [3.05, 3.63) is 41.5 Å². The highest BCUT2D eigenvalue weighted by atomic mass is 16.5. The SMILES string of the molecule is CCCN1C(=O)c2cccc3c(OCCOC)ccc(c23)C1=O. The van der Waals surface area contributed by atoms with Crippen molar-refractivity contribution < 1.29 is 19.1 Å². The lowest BCUT2D eigenvalue weighted by Gasteiger charge is -2.27. The van der Waals surface area contributed by atoms with Gasteiger partial charge in [0.1, 0.15) is 12.4 Å². The summed E-state index contributed by atoms with van der Waals surface area (Å²) in [6.07, 6.45) is 0.737. The van der Waals surface area contributed by atoms with Gasteiger partial charge in [-0.15, -0.1) is 0 Å². The van der Waals surface area contributed by atoms with Crippen LogP contribution in [-0.4, -0.2) is 43.6 Å². The van der Waals surface area contributed by atoms with Gasteiger partial charge in [-0.1, -0.05) is 19.1 Å². The van der Waals surface area contributed by atoms with E-state index in [0.29, 0.717) is 42.0 Å². The van der Waals surface area contributed by atoms with Gasteiger partial charge in [-0.2, -0.15) is 0 Å². The second kappa shape index (κ2) is 6.38. The van der Waals surface area contributed by atoms with E-state index in [-0.39, 0.29) is 11.8 Å². The Balaban J connectivity index is 2.12. The largest absolute Gasteiger partial charge is 0.491 e. The molecular weight excluding hydrogens is 294 g/mol. The number of carbonyl (C=O) groups excluding carboxylic acids is 2. The normalized spacial score (nSPS) is 13.7. The van der Waals surface area contributed by atoms with Gasteiger partial charge in [-0.3, -0.25) is 14.5 Å². The summed E-state index contributed by atoms with van der Waals surface area (Å²) in [6, 6.07) is 8.99. The molecule has 1 aliphatic rings. The molecular formula is C18H19NO4. The highest BCUT2D eigenvalue weighted by Crippen LogP contribution is 2.35. The quantitative estimate of drug-likeness (QED) is 0.608. The van der Waals surface area contributed by atoms with Crippen molar-refractivity contribution in [1.82, 2.24) is 4.90 Å². The Morgan fingerprint density at radius 1 is 1.00 bits per heavy atom. The molecule has 2 aromatic carbocycles. The average molecular weight is 313 g/mol. The van der Waals surface area contributed by atoms with E-state index in [1.54, 1.807) is 25.3 Å². The third-order valence-corrected chi connectivity index (χ3v) is 3.94. The van der Waals surface area contributed by atoms with Gasteiger partial charge in [0, 0.05) is 35.6 Å². The van der Waals surface area contributed by atoms with E-state index in [1.807, 2.05) is 19.1 Å². The van der Waals surface area contributed by atoms with Crippen molar-refractivity contribution in [3.63, 3.8) is 0 Å². The minimum Gasteiger partial charge on any atom is -0.491 e. The number of methoxy groups -OCH3 is 1. The molecule has 2 amide bonds. The monoisotopic (exact) mass is 313 g/mol. The molecule has 0 aromatic heterocycles. The summed E-state index contributed by atoms with van der Waals surface area (Å²) in [5.41, 5.74) is 1.12. The van der Waals surface area contributed by atoms with Crippen LogP contribution in [0.3, 0.4) is 0 Å². The fraction of sp³-hybridized carbons (Fsp3) is 0.333. The van der Waals surface area contributed by atoms with Crippen molar-refractivity contribution >= 4 is 22.6 Å². The molecule has 0 fully saturated rings. The zero-order valence-corrected chi connectivity index (χ0v) is 13.3. The first kappa shape index (κ1) is 15.5. The molecule has 1 aliphatic heterocycles. The van der Waals surface area contributed by atoms with Crippen molar-refractivity contribution in [2.75, 3.05) is 26.9 Å². The molecule has 0 aliphatic carbocycles. The number of imide groups is 1. The molecule has 0 radical (unpaired) electrons. The fourth-order valence-corrected chi connectivity index (χ4v) is 2.91. The second-order valence-corrected chi connectivity index (χ2v) is 5.44. The van der Waals surface area contributed by atoms with Crippen LogP contribution >= 0.6 is 0 Å². The van der Waals surface area contributed by atoms with Crippen LogP contribution in [0.2, 0.25) is 0 Å². The van der Waals surface area contributed by atoms with E-state index in [4.69, 9.17) is 9.47 Å². The predicted octanol–water partition coefficient (Wildman–Crippen LogP) is 2.87. The van der Waals surface area contributed by atoms with Gasteiger partial charge in [-0.25, -0.2) is 0 Å². The van der Waals surface area contributed by atoms with Crippen molar-refractivity contribution in [3.8, 4) is 5.75 Å². The van der Waals surface area contributed by atoms with Gasteiger partial charge >= 0.3 is 0 Å². The standard InChI is InChI=1S/C18H19NO4/c1-3-9-19-17(20)13-6-4-5-12-15(23-11-10-22-2)8-7-14(16(12)13)18(19)21/h4-8H,3,9-11H2,1-2H3. The molecule has 0 unspecified atom stereocenters. The molecule has 0 saturated heterocycles. The predicted molar refractivity (Wildman–Crippen MR) is 87.0 cm³/mol. The molecule has 5 nitrogen and oxygen atoms in total.